The van der Waals surface area contributed by atoms with Crippen molar-refractivity contribution in [1.82, 2.24) is 0 Å². The minimum atomic E-state index is -4.43. The van der Waals surface area contributed by atoms with E-state index < -0.39 is 23.1 Å². The third-order valence-corrected chi connectivity index (χ3v) is 3.02. The smallest absolute Gasteiger partial charge is 0.416 e. The SMILES string of the molecule is COC(=O)C1(c2cccc(C(F)(F)F)c2)COC1. The van der Waals surface area contributed by atoms with Crippen LogP contribution in [-0.4, -0.2) is 26.3 Å². The predicted molar refractivity (Wildman–Crippen MR) is 56.0 cm³/mol. The molecule has 1 aromatic carbocycles. The van der Waals surface area contributed by atoms with Gasteiger partial charge in [-0.2, -0.15) is 13.2 Å². The fourth-order valence-electron chi connectivity index (χ4n) is 1.90. The zero-order chi connectivity index (χ0) is 13.4. The zero-order valence-corrected chi connectivity index (χ0v) is 9.58. The predicted octanol–water partition coefficient (Wildman–Crippen LogP) is 2.15. The van der Waals surface area contributed by atoms with Crippen LogP contribution in [0.15, 0.2) is 24.3 Å². The lowest BCUT2D eigenvalue weighted by Crippen LogP contribution is -2.53. The maximum atomic E-state index is 12.6. The highest BCUT2D eigenvalue weighted by atomic mass is 19.4. The van der Waals surface area contributed by atoms with Gasteiger partial charge in [-0.25, -0.2) is 0 Å². The summed E-state index contributed by atoms with van der Waals surface area (Å²) in [6, 6.07) is 4.70. The maximum absolute atomic E-state index is 12.6. The van der Waals surface area contributed by atoms with Crippen molar-refractivity contribution in [2.24, 2.45) is 0 Å². The van der Waals surface area contributed by atoms with E-state index in [1.807, 2.05) is 0 Å². The highest BCUT2D eigenvalue weighted by Crippen LogP contribution is 2.37. The van der Waals surface area contributed by atoms with E-state index in [1.165, 1.54) is 19.2 Å². The molecule has 0 aliphatic carbocycles. The number of esters is 1. The third kappa shape index (κ3) is 1.96. The summed E-state index contributed by atoms with van der Waals surface area (Å²) in [5, 5.41) is 0. The van der Waals surface area contributed by atoms with Gasteiger partial charge in [-0.05, 0) is 11.6 Å². The summed E-state index contributed by atoms with van der Waals surface area (Å²) in [4.78, 5) is 11.7. The number of hydrogen-bond acceptors (Lipinski definition) is 3. The van der Waals surface area contributed by atoms with Crippen molar-refractivity contribution >= 4 is 5.97 Å². The summed E-state index contributed by atoms with van der Waals surface area (Å²) < 4.78 is 47.4. The van der Waals surface area contributed by atoms with Crippen molar-refractivity contribution < 1.29 is 27.4 Å². The van der Waals surface area contributed by atoms with E-state index in [0.717, 1.165) is 12.1 Å². The summed E-state index contributed by atoms with van der Waals surface area (Å²) in [5.41, 5.74) is -1.61. The van der Waals surface area contributed by atoms with Gasteiger partial charge in [-0.15, -0.1) is 0 Å². The molecule has 0 N–H and O–H groups in total. The van der Waals surface area contributed by atoms with E-state index in [2.05, 4.69) is 4.74 Å². The number of methoxy groups -OCH3 is 1. The van der Waals surface area contributed by atoms with E-state index in [4.69, 9.17) is 4.74 Å². The molecule has 0 saturated carbocycles. The Morgan fingerprint density at radius 3 is 2.50 bits per heavy atom. The summed E-state index contributed by atoms with van der Waals surface area (Å²) in [7, 11) is 1.20. The molecule has 0 atom stereocenters. The van der Waals surface area contributed by atoms with Crippen molar-refractivity contribution in [3.05, 3.63) is 35.4 Å². The Morgan fingerprint density at radius 1 is 1.39 bits per heavy atom. The highest BCUT2D eigenvalue weighted by molar-refractivity contribution is 5.84. The molecule has 1 aliphatic rings. The quantitative estimate of drug-likeness (QED) is 0.764. The van der Waals surface area contributed by atoms with E-state index >= 15 is 0 Å². The van der Waals surface area contributed by atoms with Gasteiger partial charge < -0.3 is 9.47 Å². The molecule has 1 aromatic rings. The Labute approximate surface area is 102 Å². The van der Waals surface area contributed by atoms with Crippen molar-refractivity contribution in [2.45, 2.75) is 11.6 Å². The summed E-state index contributed by atoms with van der Waals surface area (Å²) in [6.45, 7) is 0.0853. The minimum Gasteiger partial charge on any atom is -0.468 e. The Bertz CT molecular complexity index is 464. The molecule has 1 aliphatic heterocycles. The molecule has 0 aromatic heterocycles. The second-order valence-corrected chi connectivity index (χ2v) is 4.15. The number of carbonyl (C=O) groups excluding carboxylic acids is 1. The largest absolute Gasteiger partial charge is 0.468 e. The van der Waals surface area contributed by atoms with E-state index in [9.17, 15) is 18.0 Å². The molecular formula is C12H11F3O3. The first-order chi connectivity index (χ1) is 8.40. The Morgan fingerprint density at radius 2 is 2.06 bits per heavy atom. The second-order valence-electron chi connectivity index (χ2n) is 4.15. The van der Waals surface area contributed by atoms with Crippen LogP contribution >= 0.6 is 0 Å². The van der Waals surface area contributed by atoms with Crippen molar-refractivity contribution in [1.29, 1.82) is 0 Å². The number of halogens is 3. The summed E-state index contributed by atoms with van der Waals surface area (Å²) in [5.74, 6) is -0.576. The molecule has 98 valence electrons. The van der Waals surface area contributed by atoms with Crippen LogP contribution in [0, 0.1) is 0 Å². The topological polar surface area (TPSA) is 35.5 Å². The van der Waals surface area contributed by atoms with Gasteiger partial charge >= 0.3 is 12.1 Å². The minimum absolute atomic E-state index is 0.0426. The molecule has 6 heteroatoms. The first kappa shape index (κ1) is 12.9. The third-order valence-electron chi connectivity index (χ3n) is 3.02. The van der Waals surface area contributed by atoms with Gasteiger partial charge in [0.1, 0.15) is 5.41 Å². The fraction of sp³-hybridized carbons (Fsp3) is 0.417. The van der Waals surface area contributed by atoms with Gasteiger partial charge in [0.05, 0.1) is 25.9 Å². The molecule has 0 amide bonds. The number of ether oxygens (including phenoxy) is 2. The summed E-state index contributed by atoms with van der Waals surface area (Å²) >= 11 is 0. The number of alkyl halides is 3. The average molecular weight is 260 g/mol. The number of rotatable bonds is 2. The van der Waals surface area contributed by atoms with E-state index in [0.29, 0.717) is 0 Å². The van der Waals surface area contributed by atoms with Gasteiger partial charge in [-0.3, -0.25) is 4.79 Å². The van der Waals surface area contributed by atoms with Crippen LogP contribution < -0.4 is 0 Å². The highest BCUT2D eigenvalue weighted by Gasteiger charge is 2.49. The van der Waals surface area contributed by atoms with Crippen LogP contribution in [0.25, 0.3) is 0 Å². The average Bonchev–Trinajstić information content (AvgIpc) is 2.26. The van der Waals surface area contributed by atoms with Crippen LogP contribution in [0.3, 0.4) is 0 Å². The molecular weight excluding hydrogens is 249 g/mol. The van der Waals surface area contributed by atoms with E-state index in [1.54, 1.807) is 0 Å². The number of benzene rings is 1. The fourth-order valence-corrected chi connectivity index (χ4v) is 1.90. The van der Waals surface area contributed by atoms with Crippen molar-refractivity contribution in [3.8, 4) is 0 Å². The van der Waals surface area contributed by atoms with Crippen molar-refractivity contribution in [2.75, 3.05) is 20.3 Å². The zero-order valence-electron chi connectivity index (χ0n) is 9.58. The maximum Gasteiger partial charge on any atom is 0.416 e. The van der Waals surface area contributed by atoms with E-state index in [-0.39, 0.29) is 18.8 Å². The Kier molecular flexibility index (Phi) is 3.06. The molecule has 3 nitrogen and oxygen atoms in total. The lowest BCUT2D eigenvalue weighted by Gasteiger charge is -2.39. The second kappa shape index (κ2) is 4.28. The van der Waals surface area contributed by atoms with Crippen LogP contribution in [0.5, 0.6) is 0 Å². The van der Waals surface area contributed by atoms with Gasteiger partial charge in [0.15, 0.2) is 0 Å². The van der Waals surface area contributed by atoms with Crippen LogP contribution in [0.4, 0.5) is 13.2 Å². The molecule has 0 radical (unpaired) electrons. The number of carbonyl (C=O) groups is 1. The van der Waals surface area contributed by atoms with Crippen molar-refractivity contribution in [3.63, 3.8) is 0 Å². The monoisotopic (exact) mass is 260 g/mol. The van der Waals surface area contributed by atoms with Gasteiger partial charge in [0, 0.05) is 0 Å². The van der Waals surface area contributed by atoms with Crippen LogP contribution in [-0.2, 0) is 25.9 Å². The lowest BCUT2D eigenvalue weighted by molar-refractivity contribution is -0.167. The standard InChI is InChI=1S/C12H11F3O3/c1-17-10(16)11(6-18-7-11)8-3-2-4-9(5-8)12(13,14)15/h2-5H,6-7H2,1H3. The van der Waals surface area contributed by atoms with Crippen LogP contribution in [0.1, 0.15) is 11.1 Å². The molecule has 0 unspecified atom stereocenters. The Hall–Kier alpha value is -1.56. The molecule has 18 heavy (non-hydrogen) atoms. The normalized spacial score (nSPS) is 18.0. The first-order valence-corrected chi connectivity index (χ1v) is 5.24. The Balaban J connectivity index is 2.41. The summed E-state index contributed by atoms with van der Waals surface area (Å²) in [6.07, 6.45) is -4.43. The van der Waals surface area contributed by atoms with Gasteiger partial charge in [-0.1, -0.05) is 18.2 Å². The molecule has 0 spiro atoms. The lowest BCUT2D eigenvalue weighted by atomic mass is 9.78. The molecule has 0 bridgehead atoms. The first-order valence-electron chi connectivity index (χ1n) is 5.24. The van der Waals surface area contributed by atoms with Crippen LogP contribution in [0.2, 0.25) is 0 Å². The van der Waals surface area contributed by atoms with Gasteiger partial charge in [0.2, 0.25) is 0 Å². The molecule has 2 rings (SSSR count). The number of hydrogen-bond donors (Lipinski definition) is 0. The molecule has 1 saturated heterocycles. The molecule has 1 heterocycles. The van der Waals surface area contributed by atoms with Gasteiger partial charge in [0.25, 0.3) is 0 Å². The molecule has 1 fully saturated rings.